The first-order valence-corrected chi connectivity index (χ1v) is 5.78. The molecule has 0 aromatic heterocycles. The van der Waals surface area contributed by atoms with Crippen molar-refractivity contribution in [3.8, 4) is 0 Å². The van der Waals surface area contributed by atoms with E-state index in [4.69, 9.17) is 10.5 Å². The van der Waals surface area contributed by atoms with Crippen molar-refractivity contribution < 1.29 is 14.3 Å². The van der Waals surface area contributed by atoms with Crippen molar-refractivity contribution in [1.29, 1.82) is 0 Å². The van der Waals surface area contributed by atoms with Crippen molar-refractivity contribution in [2.75, 3.05) is 19.4 Å². The van der Waals surface area contributed by atoms with E-state index in [9.17, 15) is 9.59 Å². The Morgan fingerprint density at radius 1 is 1.39 bits per heavy atom. The zero-order valence-electron chi connectivity index (χ0n) is 10.7. The Morgan fingerprint density at radius 3 is 2.78 bits per heavy atom. The molecule has 1 rings (SSSR count). The van der Waals surface area contributed by atoms with E-state index >= 15 is 0 Å². The number of esters is 1. The van der Waals surface area contributed by atoms with Gasteiger partial charge in [-0.3, -0.25) is 4.79 Å². The van der Waals surface area contributed by atoms with Crippen LogP contribution in [0.15, 0.2) is 18.2 Å². The molecule has 1 amide bonds. The normalized spacial score (nSPS) is 9.89. The Morgan fingerprint density at radius 2 is 2.11 bits per heavy atom. The maximum Gasteiger partial charge on any atom is 0.340 e. The second-order valence-corrected chi connectivity index (χ2v) is 4.00. The molecule has 0 spiro atoms. The number of nitrogens with two attached hydrogens (primary N) is 1. The van der Waals surface area contributed by atoms with E-state index in [-0.39, 0.29) is 12.5 Å². The van der Waals surface area contributed by atoms with Crippen molar-refractivity contribution in [2.24, 2.45) is 0 Å². The molecule has 0 fully saturated rings. The number of aryl methyl sites for hydroxylation is 1. The Kier molecular flexibility index (Phi) is 5.17. The number of nitrogens with one attached hydrogen (secondary N) is 1. The van der Waals surface area contributed by atoms with Crippen LogP contribution in [0.2, 0.25) is 0 Å². The van der Waals surface area contributed by atoms with E-state index in [1.54, 1.807) is 19.2 Å². The highest BCUT2D eigenvalue weighted by Gasteiger charge is 2.11. The molecule has 5 nitrogen and oxygen atoms in total. The van der Waals surface area contributed by atoms with Crippen LogP contribution in [0.3, 0.4) is 0 Å². The summed E-state index contributed by atoms with van der Waals surface area (Å²) in [5, 5.41) is 2.50. The zero-order chi connectivity index (χ0) is 13.5. The summed E-state index contributed by atoms with van der Waals surface area (Å²) in [5.74, 6) is -0.519. The quantitative estimate of drug-likeness (QED) is 0.468. The minimum atomic E-state index is -0.451. The lowest BCUT2D eigenvalue weighted by molar-refractivity contribution is -0.120. The fourth-order valence-corrected chi connectivity index (χ4v) is 1.45. The minimum absolute atomic E-state index is 0.0684. The minimum Gasteiger partial charge on any atom is -0.462 e. The summed E-state index contributed by atoms with van der Waals surface area (Å²) in [4.78, 5) is 22.7. The van der Waals surface area contributed by atoms with Crippen molar-refractivity contribution in [1.82, 2.24) is 5.32 Å². The van der Waals surface area contributed by atoms with Gasteiger partial charge in [-0.05, 0) is 25.5 Å². The molecule has 5 heteroatoms. The summed E-state index contributed by atoms with van der Waals surface area (Å²) in [6.45, 7) is 2.08. The number of benzene rings is 1. The lowest BCUT2D eigenvalue weighted by atomic mass is 10.1. The summed E-state index contributed by atoms with van der Waals surface area (Å²) < 4.78 is 5.06. The first-order chi connectivity index (χ1) is 8.54. The highest BCUT2D eigenvalue weighted by Crippen LogP contribution is 2.15. The summed E-state index contributed by atoms with van der Waals surface area (Å²) in [5.41, 5.74) is 7.42. The highest BCUT2D eigenvalue weighted by atomic mass is 16.5. The van der Waals surface area contributed by atoms with Gasteiger partial charge in [-0.25, -0.2) is 4.79 Å². The second kappa shape index (κ2) is 6.64. The summed E-state index contributed by atoms with van der Waals surface area (Å²) in [6.07, 6.45) is 0.838. The number of hydrogen-bond acceptors (Lipinski definition) is 4. The third-order valence-corrected chi connectivity index (χ3v) is 2.49. The highest BCUT2D eigenvalue weighted by molar-refractivity contribution is 5.95. The van der Waals surface area contributed by atoms with Gasteiger partial charge in [-0.1, -0.05) is 11.6 Å². The molecule has 0 heterocycles. The van der Waals surface area contributed by atoms with Crippen molar-refractivity contribution in [3.05, 3.63) is 29.3 Å². The molecule has 0 aliphatic carbocycles. The van der Waals surface area contributed by atoms with Crippen LogP contribution in [0.5, 0.6) is 0 Å². The molecule has 3 N–H and O–H groups in total. The summed E-state index contributed by atoms with van der Waals surface area (Å²) >= 11 is 0. The maximum atomic E-state index is 11.7. The number of hydrogen-bond donors (Lipinski definition) is 2. The molecule has 18 heavy (non-hydrogen) atoms. The fourth-order valence-electron chi connectivity index (χ4n) is 1.45. The smallest absolute Gasteiger partial charge is 0.340 e. The lowest BCUT2D eigenvalue weighted by Crippen LogP contribution is -2.18. The van der Waals surface area contributed by atoms with Gasteiger partial charge >= 0.3 is 5.97 Å². The number of anilines is 1. The Hall–Kier alpha value is -2.04. The SMILES string of the molecule is CNC(=O)CCCOC(=O)c1cc(C)ccc1N. The predicted molar refractivity (Wildman–Crippen MR) is 69.2 cm³/mol. The first-order valence-electron chi connectivity index (χ1n) is 5.78. The average molecular weight is 250 g/mol. The van der Waals surface area contributed by atoms with Crippen LogP contribution in [0.1, 0.15) is 28.8 Å². The first kappa shape index (κ1) is 14.0. The van der Waals surface area contributed by atoms with Crippen LogP contribution >= 0.6 is 0 Å². The summed E-state index contributed by atoms with van der Waals surface area (Å²) in [7, 11) is 1.57. The van der Waals surface area contributed by atoms with E-state index in [2.05, 4.69) is 5.32 Å². The van der Waals surface area contributed by atoms with Crippen LogP contribution in [-0.4, -0.2) is 25.5 Å². The van der Waals surface area contributed by atoms with Gasteiger partial charge in [0.2, 0.25) is 5.91 Å². The molecule has 0 aliphatic heterocycles. The van der Waals surface area contributed by atoms with Gasteiger partial charge in [0.05, 0.1) is 12.2 Å². The van der Waals surface area contributed by atoms with E-state index < -0.39 is 5.97 Å². The topological polar surface area (TPSA) is 81.4 Å². The molecule has 0 radical (unpaired) electrons. The lowest BCUT2D eigenvalue weighted by Gasteiger charge is -2.07. The Bertz CT molecular complexity index is 444. The molecule has 1 aromatic rings. The van der Waals surface area contributed by atoms with Gasteiger partial charge in [-0.15, -0.1) is 0 Å². The molecule has 0 saturated heterocycles. The van der Waals surface area contributed by atoms with Gasteiger partial charge in [0.15, 0.2) is 0 Å². The Labute approximate surface area is 106 Å². The number of rotatable bonds is 5. The standard InChI is InChI=1S/C13H18N2O3/c1-9-5-6-11(14)10(8-9)13(17)18-7-3-4-12(16)15-2/h5-6,8H,3-4,7,14H2,1-2H3,(H,15,16). The van der Waals surface area contributed by atoms with E-state index in [1.807, 2.05) is 13.0 Å². The van der Waals surface area contributed by atoms with Gasteiger partial charge in [0, 0.05) is 19.2 Å². The maximum absolute atomic E-state index is 11.7. The molecule has 0 bridgehead atoms. The zero-order valence-corrected chi connectivity index (χ0v) is 10.7. The van der Waals surface area contributed by atoms with Crippen LogP contribution in [0.25, 0.3) is 0 Å². The van der Waals surface area contributed by atoms with Crippen LogP contribution in [0, 0.1) is 6.92 Å². The van der Waals surface area contributed by atoms with Gasteiger partial charge < -0.3 is 15.8 Å². The number of carbonyl (C=O) groups excluding carboxylic acids is 2. The monoisotopic (exact) mass is 250 g/mol. The molecule has 0 atom stereocenters. The molecule has 1 aromatic carbocycles. The molecular weight excluding hydrogens is 232 g/mol. The predicted octanol–water partition coefficient (Wildman–Crippen LogP) is 1.26. The van der Waals surface area contributed by atoms with Crippen molar-refractivity contribution >= 4 is 17.6 Å². The fraction of sp³-hybridized carbons (Fsp3) is 0.385. The van der Waals surface area contributed by atoms with E-state index in [1.165, 1.54) is 0 Å². The average Bonchev–Trinajstić information content (AvgIpc) is 2.36. The third-order valence-electron chi connectivity index (χ3n) is 2.49. The van der Waals surface area contributed by atoms with Crippen LogP contribution < -0.4 is 11.1 Å². The van der Waals surface area contributed by atoms with Crippen LogP contribution in [-0.2, 0) is 9.53 Å². The molecule has 0 aliphatic rings. The van der Waals surface area contributed by atoms with Gasteiger partial charge in [-0.2, -0.15) is 0 Å². The van der Waals surface area contributed by atoms with Gasteiger partial charge in [0.25, 0.3) is 0 Å². The summed E-state index contributed by atoms with van der Waals surface area (Å²) in [6, 6.07) is 5.20. The number of ether oxygens (including phenoxy) is 1. The van der Waals surface area contributed by atoms with Crippen LogP contribution in [0.4, 0.5) is 5.69 Å². The Balaban J connectivity index is 2.46. The third kappa shape index (κ3) is 4.08. The van der Waals surface area contributed by atoms with E-state index in [0.29, 0.717) is 24.1 Å². The number of nitrogen functional groups attached to an aromatic ring is 1. The molecule has 0 saturated carbocycles. The number of carbonyl (C=O) groups is 2. The van der Waals surface area contributed by atoms with Crippen molar-refractivity contribution in [2.45, 2.75) is 19.8 Å². The number of amides is 1. The van der Waals surface area contributed by atoms with Crippen molar-refractivity contribution in [3.63, 3.8) is 0 Å². The molecular formula is C13H18N2O3. The molecule has 98 valence electrons. The van der Waals surface area contributed by atoms with Gasteiger partial charge in [0.1, 0.15) is 0 Å². The molecule has 0 unspecified atom stereocenters. The second-order valence-electron chi connectivity index (χ2n) is 4.00. The largest absolute Gasteiger partial charge is 0.462 e. The van der Waals surface area contributed by atoms with E-state index in [0.717, 1.165) is 5.56 Å².